The van der Waals surface area contributed by atoms with Crippen molar-refractivity contribution in [1.82, 2.24) is 10.3 Å². The molecule has 2 aromatic carbocycles. The summed E-state index contributed by atoms with van der Waals surface area (Å²) in [6.45, 7) is 0.0627. The highest BCUT2D eigenvalue weighted by Crippen LogP contribution is 2.46. The van der Waals surface area contributed by atoms with Crippen molar-refractivity contribution < 1.29 is 42.0 Å². The third-order valence-electron chi connectivity index (χ3n) is 6.10. The van der Waals surface area contributed by atoms with Gasteiger partial charge in [-0.15, -0.1) is 0 Å². The van der Waals surface area contributed by atoms with Crippen molar-refractivity contribution in [3.05, 3.63) is 77.2 Å². The first-order valence-corrected chi connectivity index (χ1v) is 11.5. The minimum atomic E-state index is -5.26. The summed E-state index contributed by atoms with van der Waals surface area (Å²) in [5.74, 6) is -0.963. The molecule has 0 saturated carbocycles. The molecule has 0 radical (unpaired) electrons. The number of nitrogens with one attached hydrogen (secondary N) is 1. The molecule has 0 fully saturated rings. The van der Waals surface area contributed by atoms with Crippen molar-refractivity contribution in [2.75, 3.05) is 26.4 Å². The van der Waals surface area contributed by atoms with Crippen LogP contribution in [-0.2, 0) is 11.1 Å². The highest BCUT2D eigenvalue weighted by Gasteiger charge is 2.57. The number of fused-ring (bicyclic) bond motifs is 1. The molecule has 1 amide bonds. The van der Waals surface area contributed by atoms with Gasteiger partial charge < -0.3 is 30.7 Å². The number of nitrogens with zero attached hydrogens (tertiary/aromatic N) is 1. The second-order valence-electron chi connectivity index (χ2n) is 9.08. The number of alkyl halides is 3. The Morgan fingerprint density at radius 2 is 1.84 bits per heavy atom. The zero-order valence-corrected chi connectivity index (χ0v) is 20.2. The largest absolute Gasteiger partial charge is 0.491 e. The smallest absolute Gasteiger partial charge is 0.424 e. The number of nitrogens with two attached hydrogens (primary N) is 1. The topological polar surface area (TPSA) is 127 Å². The Bertz CT molecular complexity index is 1310. The summed E-state index contributed by atoms with van der Waals surface area (Å²) < 4.78 is 67.4. The first-order chi connectivity index (χ1) is 17.9. The molecule has 0 aliphatic carbocycles. The summed E-state index contributed by atoms with van der Waals surface area (Å²) in [6, 6.07) is 11.4. The van der Waals surface area contributed by atoms with Crippen molar-refractivity contribution in [2.45, 2.75) is 24.2 Å². The number of aliphatic hydroxyl groups is 2. The summed E-state index contributed by atoms with van der Waals surface area (Å²) in [7, 11) is 0. The third kappa shape index (κ3) is 5.28. The van der Waals surface area contributed by atoms with Crippen molar-refractivity contribution >= 4 is 5.91 Å². The highest BCUT2D eigenvalue weighted by molar-refractivity contribution is 5.94. The SMILES string of the molecule is C[C@@]1(N)COc2c1cc([C@@](O)(CNC(=O)c1ccc(OCCO)cc1)C(F)(F)F)nc2-c1ccc(F)cc1. The van der Waals surface area contributed by atoms with Gasteiger partial charge in [-0.25, -0.2) is 9.37 Å². The van der Waals surface area contributed by atoms with E-state index in [1.807, 2.05) is 0 Å². The lowest BCUT2D eigenvalue weighted by Crippen LogP contribution is -2.51. The predicted octanol–water partition coefficient (Wildman–Crippen LogP) is 3.01. The van der Waals surface area contributed by atoms with Crippen LogP contribution in [0.1, 0.15) is 28.5 Å². The molecule has 2 heterocycles. The van der Waals surface area contributed by atoms with E-state index in [0.717, 1.165) is 18.2 Å². The number of benzene rings is 2. The van der Waals surface area contributed by atoms with Crippen LogP contribution in [0.3, 0.4) is 0 Å². The number of aromatic nitrogens is 1. The summed E-state index contributed by atoms with van der Waals surface area (Å²) >= 11 is 0. The van der Waals surface area contributed by atoms with E-state index in [9.17, 15) is 27.5 Å². The number of ether oxygens (including phenoxy) is 2. The molecule has 0 bridgehead atoms. The number of hydrogen-bond acceptors (Lipinski definition) is 7. The molecule has 202 valence electrons. The van der Waals surface area contributed by atoms with Crippen LogP contribution in [0.2, 0.25) is 0 Å². The fourth-order valence-corrected chi connectivity index (χ4v) is 3.93. The Hall–Kier alpha value is -3.74. The maximum absolute atomic E-state index is 14.4. The van der Waals surface area contributed by atoms with Gasteiger partial charge in [-0.3, -0.25) is 4.79 Å². The molecule has 0 spiro atoms. The maximum atomic E-state index is 14.4. The average molecular weight is 535 g/mol. The normalized spacial score (nSPS) is 18.3. The zero-order chi connectivity index (χ0) is 27.7. The van der Waals surface area contributed by atoms with Crippen LogP contribution in [0.4, 0.5) is 17.6 Å². The second-order valence-corrected chi connectivity index (χ2v) is 9.08. The van der Waals surface area contributed by atoms with Crippen molar-refractivity contribution in [1.29, 1.82) is 0 Å². The molecule has 38 heavy (non-hydrogen) atoms. The van der Waals surface area contributed by atoms with Gasteiger partial charge in [0.15, 0.2) is 5.75 Å². The Kier molecular flexibility index (Phi) is 7.33. The van der Waals surface area contributed by atoms with E-state index >= 15 is 0 Å². The molecule has 0 unspecified atom stereocenters. The van der Waals surface area contributed by atoms with Gasteiger partial charge >= 0.3 is 6.18 Å². The van der Waals surface area contributed by atoms with E-state index in [2.05, 4.69) is 10.3 Å². The number of hydrogen-bond donors (Lipinski definition) is 4. The molecule has 1 aromatic heterocycles. The molecule has 3 aromatic rings. The molecule has 2 atom stereocenters. The lowest BCUT2D eigenvalue weighted by Gasteiger charge is -2.31. The average Bonchev–Trinajstić information content (AvgIpc) is 3.19. The van der Waals surface area contributed by atoms with E-state index in [-0.39, 0.29) is 48.0 Å². The molecule has 8 nitrogen and oxygen atoms in total. The quantitative estimate of drug-likeness (QED) is 0.327. The minimum absolute atomic E-state index is 0.0164. The van der Waals surface area contributed by atoms with Crippen molar-refractivity contribution in [3.63, 3.8) is 0 Å². The van der Waals surface area contributed by atoms with E-state index < -0.39 is 41.3 Å². The van der Waals surface area contributed by atoms with E-state index in [1.54, 1.807) is 6.92 Å². The first-order valence-electron chi connectivity index (χ1n) is 11.5. The summed E-state index contributed by atoms with van der Waals surface area (Å²) in [5, 5.41) is 21.9. The molecular formula is C26H25F4N3O5. The lowest BCUT2D eigenvalue weighted by molar-refractivity contribution is -0.265. The van der Waals surface area contributed by atoms with Crippen molar-refractivity contribution in [3.8, 4) is 22.8 Å². The number of halogens is 4. The van der Waals surface area contributed by atoms with E-state index in [1.165, 1.54) is 36.4 Å². The molecule has 12 heteroatoms. The number of amides is 1. The monoisotopic (exact) mass is 535 g/mol. The third-order valence-corrected chi connectivity index (χ3v) is 6.10. The second kappa shape index (κ2) is 10.2. The highest BCUT2D eigenvalue weighted by atomic mass is 19.4. The maximum Gasteiger partial charge on any atom is 0.424 e. The van der Waals surface area contributed by atoms with Gasteiger partial charge in [0.05, 0.1) is 24.4 Å². The molecule has 0 saturated heterocycles. The number of carbonyl (C=O) groups excluding carboxylic acids is 1. The molecule has 1 aliphatic rings. The van der Waals surface area contributed by atoms with Gasteiger partial charge in [-0.05, 0) is 61.5 Å². The van der Waals surface area contributed by atoms with Gasteiger partial charge in [-0.2, -0.15) is 13.2 Å². The van der Waals surface area contributed by atoms with E-state index in [0.29, 0.717) is 5.75 Å². The number of carbonyl (C=O) groups is 1. The van der Waals surface area contributed by atoms with Crippen LogP contribution in [0.25, 0.3) is 11.3 Å². The van der Waals surface area contributed by atoms with E-state index in [4.69, 9.17) is 20.3 Å². The lowest BCUT2D eigenvalue weighted by atomic mass is 9.89. The van der Waals surface area contributed by atoms with Crippen LogP contribution in [-0.4, -0.2) is 53.6 Å². The molecule has 4 rings (SSSR count). The zero-order valence-electron chi connectivity index (χ0n) is 20.2. The summed E-state index contributed by atoms with van der Waals surface area (Å²) in [5.41, 5.74) is 1.03. The first kappa shape index (κ1) is 27.3. The Labute approximate surface area is 215 Å². The molecule has 5 N–H and O–H groups in total. The Balaban J connectivity index is 1.70. The Morgan fingerprint density at radius 1 is 1.18 bits per heavy atom. The van der Waals surface area contributed by atoms with Gasteiger partial charge in [0, 0.05) is 16.7 Å². The van der Waals surface area contributed by atoms with Crippen LogP contribution in [0, 0.1) is 5.82 Å². The number of rotatable bonds is 8. The fraction of sp³-hybridized carbons (Fsp3) is 0.308. The molecule has 1 aliphatic heterocycles. The van der Waals surface area contributed by atoms with Gasteiger partial charge in [0.1, 0.15) is 30.5 Å². The van der Waals surface area contributed by atoms with Crippen LogP contribution >= 0.6 is 0 Å². The van der Waals surface area contributed by atoms with Crippen LogP contribution in [0.15, 0.2) is 54.6 Å². The standard InChI is InChI=1S/C26H25F4N3O5/c1-24(31)14-38-22-19(24)12-20(33-21(22)15-2-6-17(27)7-3-15)25(36,26(28,29)30)13-32-23(35)16-4-8-18(9-5-16)37-11-10-34/h2-9,12,34,36H,10-11,13-14,31H2,1H3,(H,32,35)/t24-,25+/m1/s1. The summed E-state index contributed by atoms with van der Waals surface area (Å²) in [6.07, 6.45) is -5.26. The predicted molar refractivity (Wildman–Crippen MR) is 128 cm³/mol. The van der Waals surface area contributed by atoms with Crippen molar-refractivity contribution in [2.24, 2.45) is 5.73 Å². The minimum Gasteiger partial charge on any atom is -0.491 e. The molecular weight excluding hydrogens is 510 g/mol. The van der Waals surface area contributed by atoms with Gasteiger partial charge in [-0.1, -0.05) is 0 Å². The number of pyridine rings is 1. The van der Waals surface area contributed by atoms with Gasteiger partial charge in [0.25, 0.3) is 5.91 Å². The fourth-order valence-electron chi connectivity index (χ4n) is 3.93. The van der Waals surface area contributed by atoms with Gasteiger partial charge in [0.2, 0.25) is 5.60 Å². The number of aliphatic hydroxyl groups excluding tert-OH is 1. The van der Waals surface area contributed by atoms with Crippen LogP contribution in [0.5, 0.6) is 11.5 Å². The van der Waals surface area contributed by atoms with Crippen LogP contribution < -0.4 is 20.5 Å². The summed E-state index contributed by atoms with van der Waals surface area (Å²) in [4.78, 5) is 16.7. The Morgan fingerprint density at radius 3 is 2.45 bits per heavy atom.